The first-order valence-corrected chi connectivity index (χ1v) is 13.1. The van der Waals surface area contributed by atoms with Crippen LogP contribution in [0, 0.1) is 11.8 Å². The van der Waals surface area contributed by atoms with Gasteiger partial charge in [-0.15, -0.1) is 0 Å². The number of carbonyl (C=O) groups is 3. The fourth-order valence-electron chi connectivity index (χ4n) is 5.91. The fourth-order valence-corrected chi connectivity index (χ4v) is 5.91. The smallest absolute Gasteiger partial charge is 0.261 e. The van der Waals surface area contributed by atoms with E-state index in [0.29, 0.717) is 41.7 Å². The number of hydrogen-bond acceptors (Lipinski definition) is 5. The van der Waals surface area contributed by atoms with Crippen LogP contribution in [0.15, 0.2) is 42.5 Å². The maximum absolute atomic E-state index is 13.0. The number of hydrogen-bond donors (Lipinski definition) is 1. The summed E-state index contributed by atoms with van der Waals surface area (Å²) in [6.07, 6.45) is 2.96. The minimum Gasteiger partial charge on any atom is -0.376 e. The van der Waals surface area contributed by atoms with E-state index >= 15 is 0 Å². The van der Waals surface area contributed by atoms with Crippen LogP contribution in [0.3, 0.4) is 0 Å². The topological polar surface area (TPSA) is 79.0 Å². The second-order valence-corrected chi connectivity index (χ2v) is 10.7. The average Bonchev–Trinajstić information content (AvgIpc) is 3.45. The van der Waals surface area contributed by atoms with Crippen LogP contribution in [0.25, 0.3) is 0 Å². The molecule has 36 heavy (non-hydrogen) atoms. The summed E-state index contributed by atoms with van der Waals surface area (Å²) in [5.41, 5.74) is 3.33. The summed E-state index contributed by atoms with van der Waals surface area (Å²) in [5, 5.41) is 3.01. The van der Waals surface area contributed by atoms with Crippen molar-refractivity contribution in [2.24, 2.45) is 11.8 Å². The molecule has 3 heterocycles. The highest BCUT2D eigenvalue weighted by Crippen LogP contribution is 2.27. The number of imide groups is 1. The van der Waals surface area contributed by atoms with Gasteiger partial charge in [0.15, 0.2) is 0 Å². The van der Waals surface area contributed by atoms with E-state index in [0.717, 1.165) is 38.0 Å². The van der Waals surface area contributed by atoms with E-state index in [-0.39, 0.29) is 30.4 Å². The molecule has 3 atom stereocenters. The van der Waals surface area contributed by atoms with Crippen LogP contribution >= 0.6 is 0 Å². The summed E-state index contributed by atoms with van der Waals surface area (Å²) < 4.78 is 5.60. The van der Waals surface area contributed by atoms with Gasteiger partial charge >= 0.3 is 0 Å². The fraction of sp³-hybridized carbons (Fsp3) is 0.483. The van der Waals surface area contributed by atoms with Crippen molar-refractivity contribution in [3.05, 3.63) is 70.3 Å². The number of nitrogens with one attached hydrogen (secondary N) is 1. The lowest BCUT2D eigenvalue weighted by Gasteiger charge is -2.35. The van der Waals surface area contributed by atoms with Crippen LogP contribution in [0.2, 0.25) is 0 Å². The molecule has 2 saturated heterocycles. The molecule has 0 radical (unpaired) electrons. The number of ether oxygens (including phenoxy) is 1. The lowest BCUT2D eigenvalue weighted by atomic mass is 9.91. The predicted octanol–water partition coefficient (Wildman–Crippen LogP) is 3.87. The van der Waals surface area contributed by atoms with E-state index in [1.54, 1.807) is 18.2 Å². The van der Waals surface area contributed by atoms with Crippen molar-refractivity contribution in [3.63, 3.8) is 0 Å². The zero-order valence-electron chi connectivity index (χ0n) is 21.2. The molecular weight excluding hydrogens is 454 g/mol. The second kappa shape index (κ2) is 10.5. The van der Waals surface area contributed by atoms with Crippen molar-refractivity contribution in [1.29, 1.82) is 0 Å². The summed E-state index contributed by atoms with van der Waals surface area (Å²) in [6, 6.07) is 13.0. The zero-order valence-corrected chi connectivity index (χ0v) is 21.2. The first kappa shape index (κ1) is 24.7. The standard InChI is InChI=1S/C29H35N3O4/c1-19-12-20(2)16-31(15-19)17-23-7-4-3-6-22(23)14-30-27(33)21-9-10-25-26(13-21)29(35)32(28(25)34)18-24-8-5-11-36-24/h3-4,6-7,9-10,13,19-20,24H,5,8,11-12,14-18H2,1-2H3,(H,30,33)/t19-,20+,24-/m1/s1. The molecule has 7 heteroatoms. The molecule has 0 bridgehead atoms. The van der Waals surface area contributed by atoms with Crippen molar-refractivity contribution in [2.75, 3.05) is 26.2 Å². The normalized spacial score (nSPS) is 24.3. The number of amides is 3. The average molecular weight is 490 g/mol. The van der Waals surface area contributed by atoms with Crippen LogP contribution in [0.1, 0.15) is 75.3 Å². The third kappa shape index (κ3) is 5.22. The Bertz CT molecular complexity index is 1150. The quantitative estimate of drug-likeness (QED) is 0.598. The van der Waals surface area contributed by atoms with Crippen LogP contribution in [-0.4, -0.2) is 59.9 Å². The van der Waals surface area contributed by atoms with Crippen molar-refractivity contribution in [3.8, 4) is 0 Å². The Morgan fingerprint density at radius 2 is 1.72 bits per heavy atom. The maximum atomic E-state index is 13.0. The van der Waals surface area contributed by atoms with Gasteiger partial charge in [0, 0.05) is 38.3 Å². The molecule has 7 nitrogen and oxygen atoms in total. The van der Waals surface area contributed by atoms with Crippen molar-refractivity contribution in [1.82, 2.24) is 15.1 Å². The summed E-state index contributed by atoms with van der Waals surface area (Å²) in [4.78, 5) is 42.5. The minimum absolute atomic E-state index is 0.105. The largest absolute Gasteiger partial charge is 0.376 e. The van der Waals surface area contributed by atoms with Crippen LogP contribution in [-0.2, 0) is 17.8 Å². The molecule has 0 spiro atoms. The predicted molar refractivity (Wildman–Crippen MR) is 137 cm³/mol. The van der Waals surface area contributed by atoms with Crippen LogP contribution in [0.4, 0.5) is 0 Å². The Morgan fingerprint density at radius 1 is 1.00 bits per heavy atom. The van der Waals surface area contributed by atoms with Crippen molar-refractivity contribution < 1.29 is 19.1 Å². The van der Waals surface area contributed by atoms with Crippen molar-refractivity contribution in [2.45, 2.75) is 52.3 Å². The Morgan fingerprint density at radius 3 is 2.44 bits per heavy atom. The molecule has 2 fully saturated rings. The number of benzene rings is 2. The molecule has 5 rings (SSSR count). The van der Waals surface area contributed by atoms with Crippen LogP contribution in [0.5, 0.6) is 0 Å². The maximum Gasteiger partial charge on any atom is 0.261 e. The van der Waals surface area contributed by atoms with Gasteiger partial charge in [-0.25, -0.2) is 0 Å². The van der Waals surface area contributed by atoms with Gasteiger partial charge in [0.25, 0.3) is 17.7 Å². The number of rotatable bonds is 7. The Labute approximate surface area is 212 Å². The first-order chi connectivity index (χ1) is 17.4. The van der Waals surface area contributed by atoms with Gasteiger partial charge in [0.1, 0.15) is 0 Å². The molecule has 1 N–H and O–H groups in total. The molecule has 0 aromatic heterocycles. The minimum atomic E-state index is -0.351. The van der Waals surface area contributed by atoms with E-state index in [2.05, 4.69) is 36.2 Å². The molecule has 2 aromatic rings. The van der Waals surface area contributed by atoms with Gasteiger partial charge in [0.05, 0.1) is 23.8 Å². The zero-order chi connectivity index (χ0) is 25.2. The van der Waals surface area contributed by atoms with E-state index in [9.17, 15) is 14.4 Å². The number of likely N-dealkylation sites (tertiary alicyclic amines) is 1. The third-order valence-electron chi connectivity index (χ3n) is 7.54. The Hall–Kier alpha value is -3.03. The molecule has 3 aliphatic rings. The molecule has 190 valence electrons. The van der Waals surface area contributed by atoms with Gasteiger partial charge in [0.2, 0.25) is 0 Å². The summed E-state index contributed by atoms with van der Waals surface area (Å²) in [7, 11) is 0. The number of nitrogens with zero attached hydrogens (tertiary/aromatic N) is 2. The van der Waals surface area contributed by atoms with Gasteiger partial charge in [-0.2, -0.15) is 0 Å². The summed E-state index contributed by atoms with van der Waals surface area (Å²) in [5.74, 6) is 0.460. The van der Waals surface area contributed by atoms with E-state index < -0.39 is 0 Å². The second-order valence-electron chi connectivity index (χ2n) is 10.7. The highest BCUT2D eigenvalue weighted by molar-refractivity contribution is 6.22. The summed E-state index contributed by atoms with van der Waals surface area (Å²) in [6.45, 7) is 9.01. The van der Waals surface area contributed by atoms with Gasteiger partial charge < -0.3 is 10.1 Å². The molecule has 2 aromatic carbocycles. The third-order valence-corrected chi connectivity index (χ3v) is 7.54. The van der Waals surface area contributed by atoms with Gasteiger partial charge in [-0.1, -0.05) is 38.1 Å². The molecular formula is C29H35N3O4. The molecule has 3 amide bonds. The Kier molecular flexibility index (Phi) is 7.21. The molecule has 0 saturated carbocycles. The highest BCUT2D eigenvalue weighted by Gasteiger charge is 2.38. The van der Waals surface area contributed by atoms with E-state index in [1.165, 1.54) is 16.9 Å². The molecule has 3 aliphatic heterocycles. The number of fused-ring (bicyclic) bond motifs is 1. The highest BCUT2D eigenvalue weighted by atomic mass is 16.5. The van der Waals surface area contributed by atoms with E-state index in [4.69, 9.17) is 4.74 Å². The monoisotopic (exact) mass is 489 g/mol. The van der Waals surface area contributed by atoms with Gasteiger partial charge in [-0.05, 0) is 60.4 Å². The van der Waals surface area contributed by atoms with Crippen molar-refractivity contribution >= 4 is 17.7 Å². The summed E-state index contributed by atoms with van der Waals surface area (Å²) >= 11 is 0. The molecule has 0 unspecified atom stereocenters. The molecule has 0 aliphatic carbocycles. The first-order valence-electron chi connectivity index (χ1n) is 13.1. The number of piperidine rings is 1. The lowest BCUT2D eigenvalue weighted by molar-refractivity contribution is 0.0475. The lowest BCUT2D eigenvalue weighted by Crippen LogP contribution is -2.38. The van der Waals surface area contributed by atoms with Crippen LogP contribution < -0.4 is 5.32 Å². The number of carbonyl (C=O) groups excluding carboxylic acids is 3. The van der Waals surface area contributed by atoms with E-state index in [1.807, 2.05) is 12.1 Å². The SMILES string of the molecule is C[C@@H]1C[C@H](C)CN(Cc2ccccc2CNC(=O)c2ccc3c(c2)C(=O)N(C[C@H]2CCCO2)C3=O)C1. The Balaban J connectivity index is 1.24. The van der Waals surface area contributed by atoms with Gasteiger partial charge in [-0.3, -0.25) is 24.2 Å².